The number of nitrogens with zero attached hydrogens (tertiary/aromatic N) is 1. The molecule has 0 aliphatic rings. The molecule has 0 amide bonds. The van der Waals surface area contributed by atoms with Crippen LogP contribution >= 0.6 is 28.1 Å². The second kappa shape index (κ2) is 5.34. The number of H-pyrrole nitrogens is 1. The molecule has 0 unspecified atom stereocenters. The van der Waals surface area contributed by atoms with Gasteiger partial charge in [-0.05, 0) is 34.2 Å². The van der Waals surface area contributed by atoms with Crippen LogP contribution in [0.2, 0.25) is 0 Å². The Morgan fingerprint density at radius 2 is 2.16 bits per heavy atom. The Kier molecular flexibility index (Phi) is 4.12. The van der Waals surface area contributed by atoms with Crippen LogP contribution in [0.3, 0.4) is 0 Å². The molecule has 0 saturated heterocycles. The van der Waals surface area contributed by atoms with Gasteiger partial charge in [-0.3, -0.25) is 0 Å². The Morgan fingerprint density at radius 3 is 2.79 bits per heavy atom. The van der Waals surface area contributed by atoms with Gasteiger partial charge in [-0.2, -0.15) is 0 Å². The second-order valence-corrected chi connectivity index (χ2v) is 7.82. The van der Waals surface area contributed by atoms with Crippen molar-refractivity contribution >= 4 is 49.0 Å². The first kappa shape index (κ1) is 14.7. The number of aromatic amines is 1. The largest absolute Gasteiger partial charge is 0.331 e. The van der Waals surface area contributed by atoms with Crippen LogP contribution in [0.4, 0.5) is 4.39 Å². The lowest BCUT2D eigenvalue weighted by atomic mass is 10.3. The summed E-state index contributed by atoms with van der Waals surface area (Å²) in [7, 11) is -3.08. The van der Waals surface area contributed by atoms with Gasteiger partial charge >= 0.3 is 0 Å². The summed E-state index contributed by atoms with van der Waals surface area (Å²) in [5, 5.41) is 0. The van der Waals surface area contributed by atoms with E-state index in [0.717, 1.165) is 0 Å². The molecule has 0 radical (unpaired) electrons. The molecule has 0 atom stereocenters. The van der Waals surface area contributed by atoms with Crippen LogP contribution < -0.4 is 0 Å². The third-order valence-corrected chi connectivity index (χ3v) is 5.50. The number of imidazole rings is 1. The highest BCUT2D eigenvalue weighted by atomic mass is 79.9. The summed E-state index contributed by atoms with van der Waals surface area (Å²) in [4.78, 5) is 2.94. The number of aromatic nitrogens is 2. The molecular weight excluding hydrogens is 355 g/mol. The maximum Gasteiger partial charge on any atom is 0.178 e. The van der Waals surface area contributed by atoms with Gasteiger partial charge in [-0.1, -0.05) is 6.92 Å². The van der Waals surface area contributed by atoms with E-state index in [9.17, 15) is 12.8 Å². The van der Waals surface area contributed by atoms with Crippen molar-refractivity contribution in [2.24, 2.45) is 0 Å². The van der Waals surface area contributed by atoms with E-state index in [2.05, 4.69) is 20.9 Å². The van der Waals surface area contributed by atoms with Crippen LogP contribution in [0.5, 0.6) is 0 Å². The predicted octanol–water partition coefficient (Wildman–Crippen LogP) is 3.04. The highest BCUT2D eigenvalue weighted by molar-refractivity contribution is 9.10. The molecule has 0 saturated carbocycles. The van der Waals surface area contributed by atoms with Crippen molar-refractivity contribution in [2.45, 2.75) is 13.5 Å². The van der Waals surface area contributed by atoms with Crippen molar-refractivity contribution in [1.29, 1.82) is 0 Å². The summed E-state index contributed by atoms with van der Waals surface area (Å²) in [5.74, 6) is -0.334. The van der Waals surface area contributed by atoms with E-state index in [-0.39, 0.29) is 18.1 Å². The molecule has 19 heavy (non-hydrogen) atoms. The third kappa shape index (κ3) is 3.06. The monoisotopic (exact) mass is 366 g/mol. The molecular formula is C11H12BrFN2O2S2. The Bertz CT molecular complexity index is 780. The molecule has 2 aromatic rings. The SMILES string of the molecule is CCS(=O)(=O)CCn1c(=S)[nH]c2cc(Br)c(F)cc21. The molecule has 0 bridgehead atoms. The van der Waals surface area contributed by atoms with Crippen molar-refractivity contribution in [3.8, 4) is 0 Å². The number of rotatable bonds is 4. The van der Waals surface area contributed by atoms with Crippen molar-refractivity contribution in [2.75, 3.05) is 11.5 Å². The van der Waals surface area contributed by atoms with Gasteiger partial charge in [0.1, 0.15) is 5.82 Å². The van der Waals surface area contributed by atoms with Gasteiger partial charge in [0.05, 0.1) is 21.3 Å². The van der Waals surface area contributed by atoms with E-state index in [4.69, 9.17) is 12.2 Å². The van der Waals surface area contributed by atoms with Crippen molar-refractivity contribution in [3.63, 3.8) is 0 Å². The van der Waals surface area contributed by atoms with E-state index in [0.29, 0.717) is 20.3 Å². The fourth-order valence-corrected chi connectivity index (χ4v) is 3.14. The lowest BCUT2D eigenvalue weighted by molar-refractivity contribution is 0.590. The number of hydrogen-bond donors (Lipinski definition) is 1. The highest BCUT2D eigenvalue weighted by Crippen LogP contribution is 2.23. The third-order valence-electron chi connectivity index (χ3n) is 2.88. The summed E-state index contributed by atoms with van der Waals surface area (Å²) in [6, 6.07) is 2.93. The molecule has 0 spiro atoms. The van der Waals surface area contributed by atoms with Gasteiger partial charge in [-0.25, -0.2) is 12.8 Å². The van der Waals surface area contributed by atoms with Crippen LogP contribution in [-0.2, 0) is 16.4 Å². The van der Waals surface area contributed by atoms with Gasteiger partial charge in [0.15, 0.2) is 14.6 Å². The van der Waals surface area contributed by atoms with Gasteiger partial charge in [0.2, 0.25) is 0 Å². The number of hydrogen-bond acceptors (Lipinski definition) is 3. The Hall–Kier alpha value is -0.730. The summed E-state index contributed by atoms with van der Waals surface area (Å²) in [6.45, 7) is 1.82. The van der Waals surface area contributed by atoms with Crippen molar-refractivity contribution < 1.29 is 12.8 Å². The van der Waals surface area contributed by atoms with Gasteiger partial charge in [0, 0.05) is 18.4 Å². The first-order chi connectivity index (χ1) is 8.84. The zero-order valence-corrected chi connectivity index (χ0v) is 13.3. The van der Waals surface area contributed by atoms with E-state index in [1.54, 1.807) is 17.6 Å². The Balaban J connectivity index is 2.46. The highest BCUT2D eigenvalue weighted by Gasteiger charge is 2.12. The molecule has 104 valence electrons. The minimum Gasteiger partial charge on any atom is -0.331 e. The molecule has 0 aliphatic heterocycles. The average molecular weight is 367 g/mol. The summed E-state index contributed by atoms with van der Waals surface area (Å²) >= 11 is 8.24. The lowest BCUT2D eigenvalue weighted by Crippen LogP contribution is -2.14. The minimum absolute atomic E-state index is 0.0115. The molecule has 0 aliphatic carbocycles. The molecule has 2 rings (SSSR count). The zero-order chi connectivity index (χ0) is 14.2. The standard InChI is InChI=1S/C11H12BrFN2O2S2/c1-2-19(16,17)4-3-15-10-6-8(13)7(12)5-9(10)14-11(15)18/h5-6H,2-4H2,1H3,(H,14,18). The summed E-state index contributed by atoms with van der Waals surface area (Å²) in [6.07, 6.45) is 0. The van der Waals surface area contributed by atoms with E-state index in [1.807, 2.05) is 0 Å². The molecule has 8 heteroatoms. The number of sulfone groups is 1. The Morgan fingerprint density at radius 1 is 1.47 bits per heavy atom. The second-order valence-electron chi connectivity index (χ2n) is 4.10. The van der Waals surface area contributed by atoms with Crippen LogP contribution in [0.1, 0.15) is 6.92 Å². The number of aryl methyl sites for hydroxylation is 1. The fraction of sp³-hybridized carbons (Fsp3) is 0.364. The van der Waals surface area contributed by atoms with Gasteiger partial charge < -0.3 is 9.55 Å². The number of halogens is 2. The number of fused-ring (bicyclic) bond motifs is 1. The molecule has 1 aromatic carbocycles. The van der Waals surface area contributed by atoms with Crippen LogP contribution in [0.25, 0.3) is 11.0 Å². The quantitative estimate of drug-likeness (QED) is 0.846. The minimum atomic E-state index is -3.08. The molecule has 1 aromatic heterocycles. The summed E-state index contributed by atoms with van der Waals surface area (Å²) in [5.41, 5.74) is 1.24. The van der Waals surface area contributed by atoms with Crippen LogP contribution in [0.15, 0.2) is 16.6 Å². The van der Waals surface area contributed by atoms with E-state index < -0.39 is 15.7 Å². The van der Waals surface area contributed by atoms with Crippen LogP contribution in [0, 0.1) is 10.6 Å². The number of benzene rings is 1. The van der Waals surface area contributed by atoms with Crippen LogP contribution in [-0.4, -0.2) is 29.5 Å². The first-order valence-corrected chi connectivity index (χ1v) is 8.64. The Labute approximate surface area is 123 Å². The molecule has 4 nitrogen and oxygen atoms in total. The maximum atomic E-state index is 13.6. The normalized spacial score (nSPS) is 12.2. The van der Waals surface area contributed by atoms with Crippen molar-refractivity contribution in [3.05, 3.63) is 27.2 Å². The molecule has 1 N–H and O–H groups in total. The van der Waals surface area contributed by atoms with E-state index in [1.165, 1.54) is 6.07 Å². The topological polar surface area (TPSA) is 54.9 Å². The first-order valence-electron chi connectivity index (χ1n) is 5.62. The average Bonchev–Trinajstić information content (AvgIpc) is 2.63. The smallest absolute Gasteiger partial charge is 0.178 e. The maximum absolute atomic E-state index is 13.6. The molecule has 1 heterocycles. The van der Waals surface area contributed by atoms with E-state index >= 15 is 0 Å². The summed E-state index contributed by atoms with van der Waals surface area (Å²) < 4.78 is 38.9. The van der Waals surface area contributed by atoms with Crippen molar-refractivity contribution in [1.82, 2.24) is 9.55 Å². The van der Waals surface area contributed by atoms with Gasteiger partial charge in [-0.15, -0.1) is 0 Å². The predicted molar refractivity (Wildman–Crippen MR) is 79.1 cm³/mol. The number of nitrogens with one attached hydrogen (secondary N) is 1. The lowest BCUT2D eigenvalue weighted by Gasteiger charge is -2.05. The zero-order valence-electron chi connectivity index (χ0n) is 10.1. The molecule has 0 fully saturated rings. The van der Waals surface area contributed by atoms with Gasteiger partial charge in [0.25, 0.3) is 0 Å². The fourth-order valence-electron chi connectivity index (χ4n) is 1.75.